The molecule has 166 valence electrons. The second-order valence-corrected chi connectivity index (χ2v) is 9.09. The molecular formula is C23H35FN4OS. The van der Waals surface area contributed by atoms with E-state index in [2.05, 4.69) is 34.3 Å². The number of hydrogen-bond acceptors (Lipinski definition) is 3. The second kappa shape index (κ2) is 11.0. The van der Waals surface area contributed by atoms with E-state index in [0.29, 0.717) is 16.9 Å². The van der Waals surface area contributed by atoms with Crippen LogP contribution in [-0.4, -0.2) is 59.6 Å². The first-order valence-electron chi connectivity index (χ1n) is 11.3. The fourth-order valence-electron chi connectivity index (χ4n) is 4.41. The summed E-state index contributed by atoms with van der Waals surface area (Å²) in [5.41, 5.74) is 0.789. The highest BCUT2D eigenvalue weighted by molar-refractivity contribution is 7.80. The first-order valence-corrected chi connectivity index (χ1v) is 11.7. The van der Waals surface area contributed by atoms with Gasteiger partial charge in [0.2, 0.25) is 5.91 Å². The number of carbonyl (C=O) groups excluding carboxylic acids is 1. The van der Waals surface area contributed by atoms with Crippen LogP contribution < -0.4 is 10.6 Å². The van der Waals surface area contributed by atoms with Gasteiger partial charge in [-0.25, -0.2) is 4.39 Å². The maximum atomic E-state index is 13.1. The molecule has 0 bridgehead atoms. The van der Waals surface area contributed by atoms with Gasteiger partial charge < -0.3 is 15.5 Å². The molecule has 2 unspecified atom stereocenters. The molecule has 30 heavy (non-hydrogen) atoms. The van der Waals surface area contributed by atoms with E-state index in [4.69, 9.17) is 12.2 Å². The fourth-order valence-corrected chi connectivity index (χ4v) is 4.71. The minimum Gasteiger partial charge on any atom is -0.354 e. The Bertz CT molecular complexity index is 700. The normalized spacial score (nSPS) is 20.0. The summed E-state index contributed by atoms with van der Waals surface area (Å²) < 4.78 is 13.1. The summed E-state index contributed by atoms with van der Waals surface area (Å²) >= 11 is 5.56. The van der Waals surface area contributed by atoms with Gasteiger partial charge in [0.25, 0.3) is 0 Å². The van der Waals surface area contributed by atoms with E-state index in [9.17, 15) is 9.18 Å². The first-order chi connectivity index (χ1) is 14.5. The van der Waals surface area contributed by atoms with Crippen LogP contribution in [-0.2, 0) is 4.79 Å². The Labute approximate surface area is 185 Å². The van der Waals surface area contributed by atoms with Crippen molar-refractivity contribution in [1.29, 1.82) is 0 Å². The summed E-state index contributed by atoms with van der Waals surface area (Å²) in [7, 11) is 0. The molecule has 2 N–H and O–H groups in total. The van der Waals surface area contributed by atoms with Gasteiger partial charge in [0.05, 0.1) is 6.04 Å². The van der Waals surface area contributed by atoms with Gasteiger partial charge in [0.1, 0.15) is 5.82 Å². The highest BCUT2D eigenvalue weighted by Crippen LogP contribution is 2.31. The maximum absolute atomic E-state index is 13.1. The van der Waals surface area contributed by atoms with Gasteiger partial charge >= 0.3 is 0 Å². The number of amides is 1. The van der Waals surface area contributed by atoms with Gasteiger partial charge in [0.15, 0.2) is 5.11 Å². The smallest absolute Gasteiger partial charge is 0.237 e. The van der Waals surface area contributed by atoms with Crippen molar-refractivity contribution < 1.29 is 9.18 Å². The van der Waals surface area contributed by atoms with Crippen LogP contribution in [0.5, 0.6) is 0 Å². The molecule has 1 aromatic carbocycles. The average molecular weight is 435 g/mol. The lowest BCUT2D eigenvalue weighted by Gasteiger charge is -2.41. The van der Waals surface area contributed by atoms with Crippen LogP contribution in [0.25, 0.3) is 0 Å². The lowest BCUT2D eigenvalue weighted by Crippen LogP contribution is -2.58. The molecule has 5 nitrogen and oxygen atoms in total. The van der Waals surface area contributed by atoms with E-state index < -0.39 is 0 Å². The van der Waals surface area contributed by atoms with Gasteiger partial charge in [-0.1, -0.05) is 33.1 Å². The third-order valence-corrected chi connectivity index (χ3v) is 6.89. The van der Waals surface area contributed by atoms with Crippen LogP contribution in [0.4, 0.5) is 10.1 Å². The minimum atomic E-state index is -0.260. The predicted octanol–water partition coefficient (Wildman–Crippen LogP) is 3.86. The number of piperazine rings is 1. The van der Waals surface area contributed by atoms with Crippen molar-refractivity contribution in [3.05, 3.63) is 30.1 Å². The number of nitrogens with one attached hydrogen (secondary N) is 2. The first kappa shape index (κ1) is 22.9. The third-order valence-electron chi connectivity index (χ3n) is 6.53. The van der Waals surface area contributed by atoms with Crippen LogP contribution in [0.2, 0.25) is 0 Å². The van der Waals surface area contributed by atoms with Gasteiger partial charge in [-0.15, -0.1) is 0 Å². The molecule has 1 aliphatic heterocycles. The Morgan fingerprint density at radius 2 is 1.80 bits per heavy atom. The standard InChI is InChI=1S/C23H35FN4OS/c1-3-17(2)16-25-22(29)21(18-6-4-5-7-18)27-12-14-28(15-13-27)23(30)26-20-10-8-19(24)9-11-20/h8-11,17-18,21H,3-7,12-16H2,1-2H3,(H,25,29)(H,26,30). The molecule has 1 saturated carbocycles. The Hall–Kier alpha value is -1.73. The SMILES string of the molecule is CCC(C)CNC(=O)C(C1CCCC1)N1CCN(C(=S)Nc2ccc(F)cc2)CC1. The molecule has 0 aromatic heterocycles. The third kappa shape index (κ3) is 6.14. The summed E-state index contributed by atoms with van der Waals surface area (Å²) in [5, 5.41) is 7.06. The van der Waals surface area contributed by atoms with Gasteiger partial charge in [-0.3, -0.25) is 9.69 Å². The summed E-state index contributed by atoms with van der Waals surface area (Å²) in [6.45, 7) is 8.31. The largest absolute Gasteiger partial charge is 0.354 e. The number of anilines is 1. The molecule has 0 radical (unpaired) electrons. The Kier molecular flexibility index (Phi) is 8.45. The Balaban J connectivity index is 1.56. The number of nitrogens with zero attached hydrogens (tertiary/aromatic N) is 2. The van der Waals surface area contributed by atoms with Crippen molar-refractivity contribution in [3.8, 4) is 0 Å². The van der Waals surface area contributed by atoms with E-state index in [-0.39, 0.29) is 17.8 Å². The predicted molar refractivity (Wildman–Crippen MR) is 124 cm³/mol. The topological polar surface area (TPSA) is 47.6 Å². The zero-order valence-electron chi connectivity index (χ0n) is 18.2. The van der Waals surface area contributed by atoms with Crippen molar-refractivity contribution in [1.82, 2.24) is 15.1 Å². The van der Waals surface area contributed by atoms with Crippen LogP contribution in [0.1, 0.15) is 46.0 Å². The van der Waals surface area contributed by atoms with Crippen LogP contribution in [0.3, 0.4) is 0 Å². The van der Waals surface area contributed by atoms with Gasteiger partial charge in [-0.05, 0) is 61.2 Å². The molecule has 3 rings (SSSR count). The summed E-state index contributed by atoms with van der Waals surface area (Å²) in [6, 6.07) is 6.20. The molecule has 1 heterocycles. The Morgan fingerprint density at radius 3 is 2.40 bits per heavy atom. The number of thiocarbonyl (C=S) groups is 1. The molecule has 1 amide bonds. The number of rotatable bonds is 7. The van der Waals surface area contributed by atoms with E-state index in [1.54, 1.807) is 12.1 Å². The van der Waals surface area contributed by atoms with Gasteiger partial charge in [-0.2, -0.15) is 0 Å². The zero-order chi connectivity index (χ0) is 21.5. The molecule has 1 aliphatic carbocycles. The summed E-state index contributed by atoms with van der Waals surface area (Å²) in [4.78, 5) is 17.6. The Morgan fingerprint density at radius 1 is 1.17 bits per heavy atom. The quantitative estimate of drug-likeness (QED) is 0.638. The van der Waals surface area contributed by atoms with E-state index in [0.717, 1.165) is 57.7 Å². The van der Waals surface area contributed by atoms with E-state index in [1.807, 2.05) is 0 Å². The highest BCUT2D eigenvalue weighted by Gasteiger charge is 2.37. The maximum Gasteiger partial charge on any atom is 0.237 e. The zero-order valence-corrected chi connectivity index (χ0v) is 19.0. The van der Waals surface area contributed by atoms with Crippen molar-refractivity contribution in [2.45, 2.75) is 52.0 Å². The van der Waals surface area contributed by atoms with E-state index in [1.165, 1.54) is 25.0 Å². The lowest BCUT2D eigenvalue weighted by molar-refractivity contribution is -0.129. The molecule has 2 atom stereocenters. The summed E-state index contributed by atoms with van der Waals surface area (Å²) in [6.07, 6.45) is 5.82. The van der Waals surface area contributed by atoms with Crippen molar-refractivity contribution in [3.63, 3.8) is 0 Å². The molecule has 1 saturated heterocycles. The molecule has 2 fully saturated rings. The molecule has 0 spiro atoms. The van der Waals surface area contributed by atoms with Crippen molar-refractivity contribution >= 4 is 28.9 Å². The number of carbonyl (C=O) groups is 1. The van der Waals surface area contributed by atoms with Crippen LogP contribution >= 0.6 is 12.2 Å². The monoisotopic (exact) mass is 434 g/mol. The number of halogens is 1. The fraction of sp³-hybridized carbons (Fsp3) is 0.652. The van der Waals surface area contributed by atoms with Crippen LogP contribution in [0, 0.1) is 17.7 Å². The number of hydrogen-bond donors (Lipinski definition) is 2. The average Bonchev–Trinajstić information content (AvgIpc) is 3.28. The van der Waals surface area contributed by atoms with Crippen molar-refractivity contribution in [2.75, 3.05) is 38.0 Å². The molecule has 1 aromatic rings. The second-order valence-electron chi connectivity index (χ2n) is 8.71. The molecule has 2 aliphatic rings. The summed E-state index contributed by atoms with van der Waals surface area (Å²) in [5.74, 6) is 0.898. The molecular weight excluding hydrogens is 399 g/mol. The molecule has 7 heteroatoms. The van der Waals surface area contributed by atoms with E-state index >= 15 is 0 Å². The van der Waals surface area contributed by atoms with Gasteiger partial charge in [0, 0.05) is 38.4 Å². The van der Waals surface area contributed by atoms with Crippen molar-refractivity contribution in [2.24, 2.45) is 11.8 Å². The highest BCUT2D eigenvalue weighted by atomic mass is 32.1. The minimum absolute atomic E-state index is 0.0302. The van der Waals surface area contributed by atoms with Crippen LogP contribution in [0.15, 0.2) is 24.3 Å². The lowest BCUT2D eigenvalue weighted by atomic mass is 9.94. The number of benzene rings is 1.